The van der Waals surface area contributed by atoms with Crippen LogP contribution in [0.3, 0.4) is 0 Å². The topological polar surface area (TPSA) is 84.9 Å². The van der Waals surface area contributed by atoms with E-state index in [4.69, 9.17) is 9.47 Å². The number of ether oxygens (including phenoxy) is 2. The Labute approximate surface area is 211 Å². The monoisotopic (exact) mass is 502 g/mol. The number of rotatable bonds is 9. The summed E-state index contributed by atoms with van der Waals surface area (Å²) in [6, 6.07) is 29.2. The van der Waals surface area contributed by atoms with Crippen molar-refractivity contribution in [3.8, 4) is 11.5 Å². The molecule has 0 bridgehead atoms. The molecule has 4 aromatic rings. The Bertz CT molecular complexity index is 1420. The van der Waals surface area contributed by atoms with Gasteiger partial charge in [-0.2, -0.15) is 0 Å². The molecular formula is C28H26N2O5S. The third-order valence-electron chi connectivity index (χ3n) is 5.57. The van der Waals surface area contributed by atoms with Crippen LogP contribution in [0.2, 0.25) is 0 Å². The number of carbonyl (C=O) groups excluding carboxylic acids is 1. The van der Waals surface area contributed by atoms with Gasteiger partial charge in [-0.05, 0) is 54.1 Å². The fourth-order valence-corrected chi connectivity index (χ4v) is 5.14. The number of carbonyl (C=O) groups is 1. The highest BCUT2D eigenvalue weighted by Gasteiger charge is 2.25. The number of methoxy groups -OCH3 is 2. The van der Waals surface area contributed by atoms with E-state index in [1.54, 1.807) is 104 Å². The molecule has 0 saturated heterocycles. The highest BCUT2D eigenvalue weighted by molar-refractivity contribution is 7.92. The molecule has 0 fully saturated rings. The summed E-state index contributed by atoms with van der Waals surface area (Å²) in [6.07, 6.45) is 0. The maximum Gasteiger partial charge on any atom is 0.264 e. The molecule has 0 unspecified atom stereocenters. The predicted octanol–water partition coefficient (Wildman–Crippen LogP) is 5.35. The van der Waals surface area contributed by atoms with Crippen LogP contribution in [0, 0.1) is 0 Å². The Balaban J connectivity index is 1.57. The first-order chi connectivity index (χ1) is 17.4. The Hall–Kier alpha value is -4.30. The minimum Gasteiger partial charge on any atom is -0.497 e. The van der Waals surface area contributed by atoms with Crippen LogP contribution in [0.15, 0.2) is 108 Å². The lowest BCUT2D eigenvalue weighted by Crippen LogP contribution is -2.30. The summed E-state index contributed by atoms with van der Waals surface area (Å²) in [5, 5.41) is 2.83. The van der Waals surface area contributed by atoms with Crippen LogP contribution in [0.5, 0.6) is 11.5 Å². The van der Waals surface area contributed by atoms with E-state index in [0.29, 0.717) is 28.4 Å². The van der Waals surface area contributed by atoms with Crippen molar-refractivity contribution in [3.63, 3.8) is 0 Å². The lowest BCUT2D eigenvalue weighted by molar-refractivity contribution is 0.102. The van der Waals surface area contributed by atoms with Crippen molar-refractivity contribution in [2.75, 3.05) is 23.8 Å². The van der Waals surface area contributed by atoms with Crippen LogP contribution < -0.4 is 19.1 Å². The van der Waals surface area contributed by atoms with Crippen molar-refractivity contribution in [1.29, 1.82) is 0 Å². The predicted molar refractivity (Wildman–Crippen MR) is 140 cm³/mol. The zero-order valence-corrected chi connectivity index (χ0v) is 20.7. The second kappa shape index (κ2) is 11.0. The fraction of sp³-hybridized carbons (Fsp3) is 0.107. The largest absolute Gasteiger partial charge is 0.497 e. The van der Waals surface area contributed by atoms with Crippen LogP contribution in [0.1, 0.15) is 15.9 Å². The molecule has 0 radical (unpaired) electrons. The normalized spacial score (nSPS) is 10.9. The van der Waals surface area contributed by atoms with Crippen LogP contribution >= 0.6 is 0 Å². The minimum atomic E-state index is -3.81. The van der Waals surface area contributed by atoms with E-state index in [-0.39, 0.29) is 17.3 Å². The second-order valence-electron chi connectivity index (χ2n) is 7.88. The van der Waals surface area contributed by atoms with Gasteiger partial charge < -0.3 is 14.8 Å². The average molecular weight is 503 g/mol. The number of nitrogens with zero attached hydrogens (tertiary/aromatic N) is 1. The van der Waals surface area contributed by atoms with E-state index < -0.39 is 10.0 Å². The SMILES string of the molecule is COc1ccc(OC)c(NC(=O)c2ccc(CN(c3ccccc3)S(=O)(=O)c3ccccc3)cc2)c1. The van der Waals surface area contributed by atoms with Crippen molar-refractivity contribution in [3.05, 3.63) is 114 Å². The van der Waals surface area contributed by atoms with Crippen molar-refractivity contribution in [2.45, 2.75) is 11.4 Å². The number of amides is 1. The molecule has 184 valence electrons. The average Bonchev–Trinajstić information content (AvgIpc) is 2.92. The van der Waals surface area contributed by atoms with Crippen LogP contribution in [-0.2, 0) is 16.6 Å². The molecule has 0 aromatic heterocycles. The summed E-state index contributed by atoms with van der Waals surface area (Å²) in [5.74, 6) is 0.761. The molecular weight excluding hydrogens is 476 g/mol. The van der Waals surface area contributed by atoms with Gasteiger partial charge in [0.15, 0.2) is 0 Å². The quantitative estimate of drug-likeness (QED) is 0.333. The Morgan fingerprint density at radius 2 is 1.44 bits per heavy atom. The van der Waals surface area contributed by atoms with Crippen LogP contribution in [-0.4, -0.2) is 28.5 Å². The molecule has 0 aliphatic carbocycles. The lowest BCUT2D eigenvalue weighted by atomic mass is 10.1. The highest BCUT2D eigenvalue weighted by atomic mass is 32.2. The number of para-hydroxylation sites is 1. The Morgan fingerprint density at radius 3 is 2.06 bits per heavy atom. The van der Waals surface area contributed by atoms with Crippen molar-refractivity contribution < 1.29 is 22.7 Å². The third-order valence-corrected chi connectivity index (χ3v) is 7.36. The van der Waals surface area contributed by atoms with Gasteiger partial charge in [-0.1, -0.05) is 48.5 Å². The van der Waals surface area contributed by atoms with Gasteiger partial charge in [-0.3, -0.25) is 9.10 Å². The van der Waals surface area contributed by atoms with Crippen LogP contribution in [0.4, 0.5) is 11.4 Å². The molecule has 1 N–H and O–H groups in total. The fourth-order valence-electron chi connectivity index (χ4n) is 3.66. The maximum absolute atomic E-state index is 13.5. The smallest absolute Gasteiger partial charge is 0.264 e. The minimum absolute atomic E-state index is 0.104. The highest BCUT2D eigenvalue weighted by Crippen LogP contribution is 2.30. The van der Waals surface area contributed by atoms with Gasteiger partial charge in [0, 0.05) is 11.6 Å². The number of nitrogens with one attached hydrogen (secondary N) is 1. The van der Waals surface area contributed by atoms with Crippen molar-refractivity contribution in [2.24, 2.45) is 0 Å². The van der Waals surface area contributed by atoms with E-state index in [1.807, 2.05) is 6.07 Å². The van der Waals surface area contributed by atoms with E-state index in [9.17, 15) is 13.2 Å². The molecule has 4 aromatic carbocycles. The first-order valence-corrected chi connectivity index (χ1v) is 12.6. The summed E-state index contributed by atoms with van der Waals surface area (Å²) >= 11 is 0. The van der Waals surface area contributed by atoms with Gasteiger partial charge in [-0.15, -0.1) is 0 Å². The molecule has 1 amide bonds. The zero-order chi connectivity index (χ0) is 25.5. The first-order valence-electron chi connectivity index (χ1n) is 11.2. The van der Waals surface area contributed by atoms with Gasteiger partial charge in [0.2, 0.25) is 0 Å². The standard InChI is InChI=1S/C28H26N2O5S/c1-34-24-17-18-27(35-2)26(19-24)29-28(31)22-15-13-21(14-16-22)20-30(23-9-5-3-6-10-23)36(32,33)25-11-7-4-8-12-25/h3-19H,20H2,1-2H3,(H,29,31). The summed E-state index contributed by atoms with van der Waals surface area (Å²) in [6.45, 7) is 0.104. The van der Waals surface area contributed by atoms with E-state index in [1.165, 1.54) is 11.4 Å². The van der Waals surface area contributed by atoms with Gasteiger partial charge in [0.1, 0.15) is 11.5 Å². The third kappa shape index (κ3) is 5.50. The Kier molecular flexibility index (Phi) is 7.56. The molecule has 4 rings (SSSR count). The molecule has 0 aliphatic rings. The van der Waals surface area contributed by atoms with Crippen LogP contribution in [0.25, 0.3) is 0 Å². The molecule has 0 heterocycles. The van der Waals surface area contributed by atoms with Gasteiger partial charge in [-0.25, -0.2) is 8.42 Å². The lowest BCUT2D eigenvalue weighted by Gasteiger charge is -2.25. The summed E-state index contributed by atoms with van der Waals surface area (Å²) in [5.41, 5.74) is 2.18. The number of sulfonamides is 1. The van der Waals surface area contributed by atoms with Crippen molar-refractivity contribution >= 4 is 27.3 Å². The molecule has 0 aliphatic heterocycles. The second-order valence-corrected chi connectivity index (χ2v) is 9.74. The Morgan fingerprint density at radius 1 is 0.806 bits per heavy atom. The van der Waals surface area contributed by atoms with Gasteiger partial charge in [0.25, 0.3) is 15.9 Å². The molecule has 36 heavy (non-hydrogen) atoms. The number of benzene rings is 4. The molecule has 7 nitrogen and oxygen atoms in total. The molecule has 0 atom stereocenters. The van der Waals surface area contributed by atoms with Gasteiger partial charge in [0.05, 0.1) is 37.0 Å². The number of hydrogen-bond acceptors (Lipinski definition) is 5. The molecule has 0 saturated carbocycles. The first kappa shape index (κ1) is 24.8. The summed E-state index contributed by atoms with van der Waals surface area (Å²) in [7, 11) is -0.739. The van der Waals surface area contributed by atoms with Crippen molar-refractivity contribution in [1.82, 2.24) is 0 Å². The van der Waals surface area contributed by atoms with Gasteiger partial charge >= 0.3 is 0 Å². The molecule has 0 spiro atoms. The molecule has 8 heteroatoms. The summed E-state index contributed by atoms with van der Waals surface area (Å²) in [4.78, 5) is 13.1. The zero-order valence-electron chi connectivity index (χ0n) is 19.9. The van der Waals surface area contributed by atoms with E-state index in [0.717, 1.165) is 5.56 Å². The number of anilines is 2. The van der Waals surface area contributed by atoms with E-state index in [2.05, 4.69) is 5.32 Å². The number of hydrogen-bond donors (Lipinski definition) is 1. The summed E-state index contributed by atoms with van der Waals surface area (Å²) < 4.78 is 38.8. The maximum atomic E-state index is 13.5. The van der Waals surface area contributed by atoms with E-state index >= 15 is 0 Å².